The average Bonchev–Trinajstić information content (AvgIpc) is 2.74. The standard InChI is InChI=1S/C15H25ClN2S/c1-12-4-3-7-15(8-12,10-17)11-18(2)9-13-5-6-14(16)19-13/h5-6,12H,3-4,7-11,17H2,1-2H3. The lowest BCUT2D eigenvalue weighted by Gasteiger charge is -2.41. The molecule has 1 saturated carbocycles. The number of nitrogens with zero attached hydrogens (tertiary/aromatic N) is 1. The third-order valence-corrected chi connectivity index (χ3v) is 5.49. The lowest BCUT2D eigenvalue weighted by Crippen LogP contribution is -2.43. The molecule has 1 aromatic heterocycles. The highest BCUT2D eigenvalue weighted by Crippen LogP contribution is 2.39. The van der Waals surface area contributed by atoms with E-state index < -0.39 is 0 Å². The molecule has 0 radical (unpaired) electrons. The average molecular weight is 301 g/mol. The fourth-order valence-corrected chi connectivity index (χ4v) is 4.66. The lowest BCUT2D eigenvalue weighted by molar-refractivity contribution is 0.0986. The maximum atomic E-state index is 6.10. The number of hydrogen-bond acceptors (Lipinski definition) is 3. The Morgan fingerprint density at radius 3 is 2.89 bits per heavy atom. The Morgan fingerprint density at radius 1 is 1.53 bits per heavy atom. The molecule has 0 aromatic carbocycles. The number of rotatable bonds is 5. The van der Waals surface area contributed by atoms with E-state index in [9.17, 15) is 0 Å². The van der Waals surface area contributed by atoms with Gasteiger partial charge in [0.2, 0.25) is 0 Å². The zero-order valence-corrected chi connectivity index (χ0v) is 13.6. The largest absolute Gasteiger partial charge is 0.330 e. The minimum absolute atomic E-state index is 0.327. The summed E-state index contributed by atoms with van der Waals surface area (Å²) in [4.78, 5) is 3.75. The first-order chi connectivity index (χ1) is 9.03. The Hall–Kier alpha value is -0.0900. The second-order valence-corrected chi connectivity index (χ2v) is 8.08. The Bertz CT molecular complexity index is 407. The van der Waals surface area contributed by atoms with Crippen LogP contribution in [-0.2, 0) is 6.54 Å². The Labute approximate surface area is 125 Å². The van der Waals surface area contributed by atoms with E-state index in [1.165, 1.54) is 30.6 Å². The summed E-state index contributed by atoms with van der Waals surface area (Å²) in [5.74, 6) is 0.821. The molecule has 1 aromatic rings. The van der Waals surface area contributed by atoms with Gasteiger partial charge in [0.25, 0.3) is 0 Å². The summed E-state index contributed by atoms with van der Waals surface area (Å²) in [5.41, 5.74) is 6.43. The van der Waals surface area contributed by atoms with Gasteiger partial charge in [-0.25, -0.2) is 0 Å². The molecule has 2 rings (SSSR count). The monoisotopic (exact) mass is 300 g/mol. The minimum Gasteiger partial charge on any atom is -0.330 e. The van der Waals surface area contributed by atoms with Gasteiger partial charge in [-0.1, -0.05) is 31.4 Å². The smallest absolute Gasteiger partial charge is 0.0931 e. The lowest BCUT2D eigenvalue weighted by atomic mass is 9.70. The summed E-state index contributed by atoms with van der Waals surface area (Å²) < 4.78 is 0.878. The maximum Gasteiger partial charge on any atom is 0.0931 e. The summed E-state index contributed by atoms with van der Waals surface area (Å²) in [6.07, 6.45) is 5.26. The van der Waals surface area contributed by atoms with Crippen LogP contribution < -0.4 is 5.73 Å². The molecule has 4 heteroatoms. The van der Waals surface area contributed by atoms with E-state index in [0.717, 1.165) is 29.9 Å². The van der Waals surface area contributed by atoms with Gasteiger partial charge in [-0.3, -0.25) is 0 Å². The van der Waals surface area contributed by atoms with E-state index >= 15 is 0 Å². The first kappa shape index (κ1) is 15.3. The highest BCUT2D eigenvalue weighted by Gasteiger charge is 2.34. The van der Waals surface area contributed by atoms with Gasteiger partial charge in [0.05, 0.1) is 4.34 Å². The van der Waals surface area contributed by atoms with E-state index in [2.05, 4.69) is 24.9 Å². The van der Waals surface area contributed by atoms with E-state index in [1.54, 1.807) is 11.3 Å². The number of hydrogen-bond donors (Lipinski definition) is 1. The molecule has 2 unspecified atom stereocenters. The Morgan fingerprint density at radius 2 is 2.32 bits per heavy atom. The number of halogens is 1. The van der Waals surface area contributed by atoms with Crippen LogP contribution in [0.2, 0.25) is 4.34 Å². The van der Waals surface area contributed by atoms with Crippen molar-refractivity contribution < 1.29 is 0 Å². The molecule has 2 nitrogen and oxygen atoms in total. The second-order valence-electron chi connectivity index (χ2n) is 6.28. The quantitative estimate of drug-likeness (QED) is 0.891. The summed E-state index contributed by atoms with van der Waals surface area (Å²) in [6.45, 7) is 5.26. The van der Waals surface area contributed by atoms with Crippen LogP contribution in [0.5, 0.6) is 0 Å². The molecule has 1 aliphatic rings. The van der Waals surface area contributed by atoms with Crippen LogP contribution in [0.25, 0.3) is 0 Å². The van der Waals surface area contributed by atoms with Crippen molar-refractivity contribution in [2.45, 2.75) is 39.2 Å². The van der Waals surface area contributed by atoms with Gasteiger partial charge in [0.1, 0.15) is 0 Å². The summed E-state index contributed by atoms with van der Waals surface area (Å²) in [5, 5.41) is 0. The van der Waals surface area contributed by atoms with Gasteiger partial charge < -0.3 is 10.6 Å². The van der Waals surface area contributed by atoms with Crippen molar-refractivity contribution in [3.8, 4) is 0 Å². The molecule has 2 atom stereocenters. The molecule has 0 aliphatic heterocycles. The van der Waals surface area contributed by atoms with Crippen molar-refractivity contribution in [3.05, 3.63) is 21.3 Å². The van der Waals surface area contributed by atoms with Crippen molar-refractivity contribution in [3.63, 3.8) is 0 Å². The predicted molar refractivity (Wildman–Crippen MR) is 84.8 cm³/mol. The summed E-state index contributed by atoms with van der Waals surface area (Å²) in [6, 6.07) is 4.11. The van der Waals surface area contributed by atoms with Crippen LogP contribution in [-0.4, -0.2) is 25.0 Å². The van der Waals surface area contributed by atoms with Crippen molar-refractivity contribution in [1.82, 2.24) is 4.90 Å². The number of thiophene rings is 1. The molecule has 1 aliphatic carbocycles. The minimum atomic E-state index is 0.327. The van der Waals surface area contributed by atoms with E-state index in [-0.39, 0.29) is 0 Å². The molecule has 19 heavy (non-hydrogen) atoms. The molecule has 0 saturated heterocycles. The van der Waals surface area contributed by atoms with Crippen LogP contribution in [0.1, 0.15) is 37.5 Å². The van der Waals surface area contributed by atoms with Gasteiger partial charge in [0, 0.05) is 18.0 Å². The molecule has 2 N–H and O–H groups in total. The Kier molecular flexibility index (Phi) is 5.29. The first-order valence-corrected chi connectivity index (χ1v) is 8.35. The van der Waals surface area contributed by atoms with Gasteiger partial charge in [0.15, 0.2) is 0 Å². The topological polar surface area (TPSA) is 29.3 Å². The molecule has 1 fully saturated rings. The van der Waals surface area contributed by atoms with Gasteiger partial charge in [-0.15, -0.1) is 11.3 Å². The molecule has 0 amide bonds. The van der Waals surface area contributed by atoms with Crippen LogP contribution in [0, 0.1) is 11.3 Å². The molecule has 0 bridgehead atoms. The van der Waals surface area contributed by atoms with E-state index in [4.69, 9.17) is 17.3 Å². The van der Waals surface area contributed by atoms with Gasteiger partial charge in [-0.05, 0) is 49.9 Å². The van der Waals surface area contributed by atoms with Crippen molar-refractivity contribution >= 4 is 22.9 Å². The maximum absolute atomic E-state index is 6.10. The van der Waals surface area contributed by atoms with Crippen molar-refractivity contribution in [2.24, 2.45) is 17.1 Å². The first-order valence-electron chi connectivity index (χ1n) is 7.16. The number of nitrogens with two attached hydrogens (primary N) is 1. The fourth-order valence-electron chi connectivity index (χ4n) is 3.49. The zero-order chi connectivity index (χ0) is 13.9. The van der Waals surface area contributed by atoms with Crippen LogP contribution in [0.3, 0.4) is 0 Å². The third-order valence-electron chi connectivity index (χ3n) is 4.28. The molecule has 0 spiro atoms. The SMILES string of the molecule is CC1CCCC(CN)(CN(C)Cc2ccc(Cl)s2)C1. The molecular weight excluding hydrogens is 276 g/mol. The third kappa shape index (κ3) is 4.19. The molecule has 1 heterocycles. The summed E-state index contributed by atoms with van der Waals surface area (Å²) in [7, 11) is 2.20. The van der Waals surface area contributed by atoms with E-state index in [1.807, 2.05) is 6.07 Å². The normalized spacial score (nSPS) is 27.9. The van der Waals surface area contributed by atoms with Gasteiger partial charge in [-0.2, -0.15) is 0 Å². The highest BCUT2D eigenvalue weighted by atomic mass is 35.5. The fraction of sp³-hybridized carbons (Fsp3) is 0.733. The van der Waals surface area contributed by atoms with Crippen LogP contribution in [0.15, 0.2) is 12.1 Å². The van der Waals surface area contributed by atoms with Crippen LogP contribution >= 0.6 is 22.9 Å². The molecular formula is C15H25ClN2S. The van der Waals surface area contributed by atoms with Crippen LogP contribution in [0.4, 0.5) is 0 Å². The predicted octanol–water partition coefficient (Wildman–Crippen LogP) is 3.99. The van der Waals surface area contributed by atoms with E-state index in [0.29, 0.717) is 5.41 Å². The van der Waals surface area contributed by atoms with Crippen molar-refractivity contribution in [2.75, 3.05) is 20.1 Å². The van der Waals surface area contributed by atoms with Gasteiger partial charge >= 0.3 is 0 Å². The molecule has 108 valence electrons. The second kappa shape index (κ2) is 6.57. The Balaban J connectivity index is 1.93. The zero-order valence-electron chi connectivity index (χ0n) is 12.0. The highest BCUT2D eigenvalue weighted by molar-refractivity contribution is 7.16. The summed E-state index contributed by atoms with van der Waals surface area (Å²) >= 11 is 7.67. The van der Waals surface area contributed by atoms with Crippen molar-refractivity contribution in [1.29, 1.82) is 0 Å².